The topological polar surface area (TPSA) is 72.2 Å². The van der Waals surface area contributed by atoms with E-state index in [4.69, 9.17) is 13.9 Å². The number of amides is 2. The normalized spacial score (nSPS) is 17.9. The van der Waals surface area contributed by atoms with Crippen molar-refractivity contribution in [1.82, 2.24) is 9.80 Å². The zero-order valence-corrected chi connectivity index (χ0v) is 20.1. The number of hydrogen-bond acceptors (Lipinski definition) is 5. The van der Waals surface area contributed by atoms with Crippen molar-refractivity contribution in [2.24, 2.45) is 5.92 Å². The van der Waals surface area contributed by atoms with Gasteiger partial charge in [-0.15, -0.1) is 0 Å². The molecule has 2 aromatic carbocycles. The molecule has 0 radical (unpaired) electrons. The van der Waals surface area contributed by atoms with E-state index in [1.807, 2.05) is 56.3 Å². The SMILES string of the molecule is CC(C)N(CC(=O)N(Cc1ccc2c(c1)OCO2)Cc1ccco1)C(=O)[C@H]1C[C@H]1c1ccccc1. The summed E-state index contributed by atoms with van der Waals surface area (Å²) in [5, 5.41) is 0. The molecule has 35 heavy (non-hydrogen) atoms. The van der Waals surface area contributed by atoms with E-state index in [-0.39, 0.29) is 43.0 Å². The highest BCUT2D eigenvalue weighted by atomic mass is 16.7. The Balaban J connectivity index is 1.30. The molecule has 1 aliphatic carbocycles. The highest BCUT2D eigenvalue weighted by Crippen LogP contribution is 2.48. The van der Waals surface area contributed by atoms with E-state index in [0.29, 0.717) is 30.3 Å². The maximum Gasteiger partial charge on any atom is 0.242 e. The van der Waals surface area contributed by atoms with Crippen molar-refractivity contribution < 1.29 is 23.5 Å². The van der Waals surface area contributed by atoms with E-state index in [2.05, 4.69) is 12.1 Å². The molecule has 2 amide bonds. The number of nitrogens with zero attached hydrogens (tertiary/aromatic N) is 2. The second kappa shape index (κ2) is 9.86. The minimum absolute atomic E-state index is 0.0275. The Bertz CT molecular complexity index is 1180. The van der Waals surface area contributed by atoms with Crippen LogP contribution >= 0.6 is 0 Å². The van der Waals surface area contributed by atoms with Crippen LogP contribution in [-0.4, -0.2) is 41.0 Å². The van der Waals surface area contributed by atoms with Crippen molar-refractivity contribution in [3.63, 3.8) is 0 Å². The minimum atomic E-state index is -0.127. The first kappa shape index (κ1) is 23.0. The summed E-state index contributed by atoms with van der Waals surface area (Å²) in [4.78, 5) is 30.4. The summed E-state index contributed by atoms with van der Waals surface area (Å²) in [6.45, 7) is 4.83. The number of fused-ring (bicyclic) bond motifs is 1. The molecule has 2 heterocycles. The largest absolute Gasteiger partial charge is 0.467 e. The number of ether oxygens (including phenoxy) is 2. The van der Waals surface area contributed by atoms with E-state index < -0.39 is 0 Å². The predicted molar refractivity (Wildman–Crippen MR) is 130 cm³/mol. The molecule has 0 bridgehead atoms. The summed E-state index contributed by atoms with van der Waals surface area (Å²) >= 11 is 0. The van der Waals surface area contributed by atoms with Gasteiger partial charge in [0.05, 0.1) is 12.8 Å². The lowest BCUT2D eigenvalue weighted by Crippen LogP contribution is -2.46. The molecule has 1 saturated carbocycles. The van der Waals surface area contributed by atoms with Gasteiger partial charge in [-0.05, 0) is 61.6 Å². The van der Waals surface area contributed by atoms with Gasteiger partial charge in [0.2, 0.25) is 18.6 Å². The van der Waals surface area contributed by atoms with Crippen molar-refractivity contribution in [3.8, 4) is 11.5 Å². The summed E-state index contributed by atoms with van der Waals surface area (Å²) in [7, 11) is 0. The average molecular weight is 475 g/mol. The van der Waals surface area contributed by atoms with Gasteiger partial charge in [0.1, 0.15) is 12.3 Å². The third-order valence-corrected chi connectivity index (χ3v) is 6.64. The van der Waals surface area contributed by atoms with E-state index in [1.54, 1.807) is 22.1 Å². The van der Waals surface area contributed by atoms with E-state index in [0.717, 1.165) is 12.0 Å². The Kier molecular flexibility index (Phi) is 6.49. The first-order chi connectivity index (χ1) is 17.0. The molecule has 0 N–H and O–H groups in total. The fraction of sp³-hybridized carbons (Fsp3) is 0.357. The van der Waals surface area contributed by atoms with Crippen molar-refractivity contribution >= 4 is 11.8 Å². The summed E-state index contributed by atoms with van der Waals surface area (Å²) in [5.74, 6) is 2.14. The number of furan rings is 1. The molecule has 2 aliphatic rings. The first-order valence-corrected chi connectivity index (χ1v) is 12.0. The van der Waals surface area contributed by atoms with Crippen LogP contribution in [0.3, 0.4) is 0 Å². The highest BCUT2D eigenvalue weighted by Gasteiger charge is 2.46. The predicted octanol–water partition coefficient (Wildman–Crippen LogP) is 4.58. The molecule has 0 spiro atoms. The molecule has 7 heteroatoms. The molecule has 1 aliphatic heterocycles. The van der Waals surface area contributed by atoms with Crippen LogP contribution in [0.25, 0.3) is 0 Å². The molecule has 0 saturated heterocycles. The number of carbonyl (C=O) groups excluding carboxylic acids is 2. The Morgan fingerprint density at radius 1 is 0.971 bits per heavy atom. The Labute approximate surface area is 205 Å². The molecule has 0 unspecified atom stereocenters. The van der Waals surface area contributed by atoms with E-state index in [1.165, 1.54) is 5.56 Å². The number of carbonyl (C=O) groups is 2. The molecule has 1 fully saturated rings. The van der Waals surface area contributed by atoms with Crippen LogP contribution in [-0.2, 0) is 22.7 Å². The highest BCUT2D eigenvalue weighted by molar-refractivity contribution is 5.88. The number of rotatable bonds is 9. The molecule has 5 rings (SSSR count). The van der Waals surface area contributed by atoms with Gasteiger partial charge in [0.25, 0.3) is 0 Å². The molecule has 1 aromatic heterocycles. The Morgan fingerprint density at radius 2 is 1.77 bits per heavy atom. The van der Waals surface area contributed by atoms with Crippen molar-refractivity contribution in [1.29, 1.82) is 0 Å². The average Bonchev–Trinajstić information content (AvgIpc) is 3.23. The van der Waals surface area contributed by atoms with Crippen molar-refractivity contribution in [3.05, 3.63) is 83.8 Å². The van der Waals surface area contributed by atoms with Crippen LogP contribution in [0.1, 0.15) is 43.1 Å². The lowest BCUT2D eigenvalue weighted by molar-refractivity contribution is -0.143. The molecule has 3 aromatic rings. The lowest BCUT2D eigenvalue weighted by atomic mass is 10.1. The summed E-state index contributed by atoms with van der Waals surface area (Å²) in [6, 6.07) is 19.4. The van der Waals surface area contributed by atoms with Crippen molar-refractivity contribution in [2.75, 3.05) is 13.3 Å². The fourth-order valence-corrected chi connectivity index (χ4v) is 4.59. The van der Waals surface area contributed by atoms with Gasteiger partial charge in [-0.1, -0.05) is 36.4 Å². The van der Waals surface area contributed by atoms with Crippen molar-refractivity contribution in [2.45, 2.75) is 45.3 Å². The second-order valence-corrected chi connectivity index (χ2v) is 9.44. The van der Waals surface area contributed by atoms with Gasteiger partial charge in [-0.2, -0.15) is 0 Å². The molecule has 7 nitrogen and oxygen atoms in total. The van der Waals surface area contributed by atoms with Crippen LogP contribution in [0.2, 0.25) is 0 Å². The molecular weight excluding hydrogens is 444 g/mol. The standard InChI is InChI=1S/C28H30N2O5/c1-19(2)30(28(32)24-14-23(24)21-7-4-3-5-8-21)17-27(31)29(16-22-9-6-12-33-22)15-20-10-11-25-26(13-20)35-18-34-25/h3-13,19,23-24H,14-18H2,1-2H3/t23-,24-/m0/s1. The fourth-order valence-electron chi connectivity index (χ4n) is 4.59. The maximum absolute atomic E-state index is 13.6. The molecular formula is C28H30N2O5. The monoisotopic (exact) mass is 474 g/mol. The lowest BCUT2D eigenvalue weighted by Gasteiger charge is -2.30. The molecule has 2 atom stereocenters. The van der Waals surface area contributed by atoms with Crippen LogP contribution < -0.4 is 9.47 Å². The summed E-state index contributed by atoms with van der Waals surface area (Å²) in [5.41, 5.74) is 2.10. The number of benzene rings is 2. The van der Waals surface area contributed by atoms with Gasteiger partial charge < -0.3 is 23.7 Å². The van der Waals surface area contributed by atoms with Gasteiger partial charge in [0.15, 0.2) is 11.5 Å². The summed E-state index contributed by atoms with van der Waals surface area (Å²) < 4.78 is 16.4. The van der Waals surface area contributed by atoms with Gasteiger partial charge in [-0.3, -0.25) is 9.59 Å². The van der Waals surface area contributed by atoms with Gasteiger partial charge in [-0.25, -0.2) is 0 Å². The minimum Gasteiger partial charge on any atom is -0.467 e. The zero-order chi connectivity index (χ0) is 24.4. The van der Waals surface area contributed by atoms with Crippen LogP contribution in [0.5, 0.6) is 11.5 Å². The first-order valence-electron chi connectivity index (χ1n) is 12.0. The van der Waals surface area contributed by atoms with E-state index >= 15 is 0 Å². The second-order valence-electron chi connectivity index (χ2n) is 9.44. The van der Waals surface area contributed by atoms with Gasteiger partial charge >= 0.3 is 0 Å². The summed E-state index contributed by atoms with van der Waals surface area (Å²) in [6.07, 6.45) is 2.42. The Hall–Kier alpha value is -3.74. The van der Waals surface area contributed by atoms with Crippen LogP contribution in [0.15, 0.2) is 71.3 Å². The van der Waals surface area contributed by atoms with Crippen LogP contribution in [0, 0.1) is 5.92 Å². The van der Waals surface area contributed by atoms with E-state index in [9.17, 15) is 9.59 Å². The third-order valence-electron chi connectivity index (χ3n) is 6.64. The van der Waals surface area contributed by atoms with Crippen LogP contribution in [0.4, 0.5) is 0 Å². The van der Waals surface area contributed by atoms with Gasteiger partial charge in [0, 0.05) is 18.5 Å². The Morgan fingerprint density at radius 3 is 2.51 bits per heavy atom. The third kappa shape index (κ3) is 5.19. The smallest absolute Gasteiger partial charge is 0.242 e. The zero-order valence-electron chi connectivity index (χ0n) is 20.1. The maximum atomic E-state index is 13.6. The molecule has 182 valence electrons. The number of hydrogen-bond donors (Lipinski definition) is 0. The quantitative estimate of drug-likeness (QED) is 0.454.